The minimum Gasteiger partial charge on any atom is -0.504 e. The molecule has 0 bridgehead atoms. The minimum absolute atomic E-state index is 0.181. The van der Waals surface area contributed by atoms with Crippen molar-refractivity contribution in [2.45, 2.75) is 0 Å². The number of aromatic amines is 1. The Morgan fingerprint density at radius 3 is 2.24 bits per heavy atom. The number of hydrogen-bond acceptors (Lipinski definition) is 6. The van der Waals surface area contributed by atoms with E-state index in [2.05, 4.69) is 15.0 Å². The van der Waals surface area contributed by atoms with Crippen molar-refractivity contribution >= 4 is 34.5 Å². The van der Waals surface area contributed by atoms with E-state index in [0.717, 1.165) is 17.7 Å². The zero-order valence-corrected chi connectivity index (χ0v) is 17.9. The molecule has 0 aliphatic rings. The van der Waals surface area contributed by atoms with Gasteiger partial charge in [0, 0.05) is 30.3 Å². The SMILES string of the molecule is CN(C(=O)c1cc2nc(-c3ccc(C(=O)N=C(N)N)cc3)ccc2[nH]1)c1cc(O)c(O)c(O)c1. The molecule has 8 N–H and O–H groups in total. The van der Waals surface area contributed by atoms with Crippen molar-refractivity contribution in [3.8, 4) is 28.5 Å². The van der Waals surface area contributed by atoms with Crippen LogP contribution in [0.4, 0.5) is 5.69 Å². The summed E-state index contributed by atoms with van der Waals surface area (Å²) in [7, 11) is 1.46. The van der Waals surface area contributed by atoms with Crippen LogP contribution in [0.15, 0.2) is 59.6 Å². The molecule has 0 unspecified atom stereocenters. The van der Waals surface area contributed by atoms with Gasteiger partial charge >= 0.3 is 0 Å². The molecule has 0 aliphatic heterocycles. The first-order chi connectivity index (χ1) is 16.1. The van der Waals surface area contributed by atoms with Crippen LogP contribution in [0.2, 0.25) is 0 Å². The number of phenolic OH excluding ortho intramolecular Hbond substituents is 3. The van der Waals surface area contributed by atoms with Gasteiger partial charge in [-0.15, -0.1) is 0 Å². The van der Waals surface area contributed by atoms with Gasteiger partial charge in [0.1, 0.15) is 5.69 Å². The normalized spacial score (nSPS) is 10.7. The quantitative estimate of drug-likeness (QED) is 0.151. The van der Waals surface area contributed by atoms with Gasteiger partial charge in [-0.1, -0.05) is 12.1 Å². The number of benzene rings is 2. The fourth-order valence-electron chi connectivity index (χ4n) is 3.33. The fraction of sp³-hybridized carbons (Fsp3) is 0.0435. The zero-order valence-electron chi connectivity index (χ0n) is 17.9. The number of rotatable bonds is 4. The van der Waals surface area contributed by atoms with E-state index in [1.54, 1.807) is 42.5 Å². The van der Waals surface area contributed by atoms with E-state index in [4.69, 9.17) is 11.5 Å². The Kier molecular flexibility index (Phi) is 5.51. The van der Waals surface area contributed by atoms with Gasteiger partial charge in [0.05, 0.1) is 22.4 Å². The van der Waals surface area contributed by atoms with Gasteiger partial charge in [-0.25, -0.2) is 4.98 Å². The van der Waals surface area contributed by atoms with E-state index in [0.29, 0.717) is 22.3 Å². The second-order valence-corrected chi connectivity index (χ2v) is 7.43. The number of fused-ring (bicyclic) bond motifs is 1. The van der Waals surface area contributed by atoms with Gasteiger partial charge in [0.2, 0.25) is 0 Å². The third-order valence-corrected chi connectivity index (χ3v) is 5.11. The molecule has 0 spiro atoms. The summed E-state index contributed by atoms with van der Waals surface area (Å²) in [5.74, 6) is -3.09. The van der Waals surface area contributed by atoms with Crippen molar-refractivity contribution in [1.82, 2.24) is 9.97 Å². The topological polar surface area (TPSA) is 191 Å². The van der Waals surface area contributed by atoms with E-state index >= 15 is 0 Å². The van der Waals surface area contributed by atoms with Crippen LogP contribution in [-0.2, 0) is 0 Å². The Morgan fingerprint density at radius 1 is 0.971 bits per heavy atom. The highest BCUT2D eigenvalue weighted by Gasteiger charge is 2.19. The third-order valence-electron chi connectivity index (χ3n) is 5.11. The number of phenols is 3. The number of nitrogens with two attached hydrogens (primary N) is 2. The standard InChI is InChI=1S/C23H20N6O5/c1-29(13-8-18(30)20(32)19(31)9-13)22(34)17-10-16-15(27-17)7-6-14(26-16)11-2-4-12(5-3-11)21(33)28-23(24)25/h2-10,27,30-32H,1H3,(H4,24,25,28,33). The molecule has 34 heavy (non-hydrogen) atoms. The van der Waals surface area contributed by atoms with Crippen molar-refractivity contribution in [2.75, 3.05) is 11.9 Å². The smallest absolute Gasteiger partial charge is 0.280 e. The van der Waals surface area contributed by atoms with Gasteiger partial charge < -0.3 is 36.7 Å². The number of pyridine rings is 1. The number of nitrogens with zero attached hydrogens (tertiary/aromatic N) is 3. The number of amides is 2. The number of H-pyrrole nitrogens is 1. The highest BCUT2D eigenvalue weighted by molar-refractivity contribution is 6.07. The van der Waals surface area contributed by atoms with Gasteiger partial charge in [0.25, 0.3) is 11.8 Å². The molecule has 2 aromatic carbocycles. The molecule has 0 radical (unpaired) electrons. The Hall–Kier alpha value is -5.06. The van der Waals surface area contributed by atoms with Crippen molar-refractivity contribution in [3.05, 3.63) is 65.9 Å². The summed E-state index contributed by atoms with van der Waals surface area (Å²) in [6.07, 6.45) is 0. The molecule has 0 aliphatic carbocycles. The summed E-state index contributed by atoms with van der Waals surface area (Å²) in [5.41, 5.74) is 13.7. The summed E-state index contributed by atoms with van der Waals surface area (Å²) in [6.45, 7) is 0. The molecule has 2 heterocycles. The number of nitrogens with one attached hydrogen (secondary N) is 1. The molecule has 2 amide bonds. The van der Waals surface area contributed by atoms with Crippen molar-refractivity contribution < 1.29 is 24.9 Å². The molecule has 0 saturated carbocycles. The van der Waals surface area contributed by atoms with Crippen LogP contribution >= 0.6 is 0 Å². The highest BCUT2D eigenvalue weighted by Crippen LogP contribution is 2.38. The number of hydrogen-bond donors (Lipinski definition) is 6. The van der Waals surface area contributed by atoms with Crippen LogP contribution in [0.3, 0.4) is 0 Å². The number of guanidine groups is 1. The van der Waals surface area contributed by atoms with E-state index in [-0.39, 0.29) is 17.3 Å². The molecule has 11 nitrogen and oxygen atoms in total. The lowest BCUT2D eigenvalue weighted by Crippen LogP contribution is -2.26. The van der Waals surface area contributed by atoms with Crippen LogP contribution < -0.4 is 16.4 Å². The van der Waals surface area contributed by atoms with E-state index in [9.17, 15) is 24.9 Å². The summed E-state index contributed by atoms with van der Waals surface area (Å²) in [4.78, 5) is 37.1. The van der Waals surface area contributed by atoms with Gasteiger partial charge in [-0.3, -0.25) is 9.59 Å². The highest BCUT2D eigenvalue weighted by atomic mass is 16.3. The van der Waals surface area contributed by atoms with Crippen molar-refractivity contribution in [3.63, 3.8) is 0 Å². The van der Waals surface area contributed by atoms with E-state index in [1.165, 1.54) is 11.9 Å². The second kappa shape index (κ2) is 8.47. The Labute approximate surface area is 192 Å². The summed E-state index contributed by atoms with van der Waals surface area (Å²) in [5, 5.41) is 28.9. The van der Waals surface area contributed by atoms with Crippen LogP contribution in [0.5, 0.6) is 17.2 Å². The maximum absolute atomic E-state index is 12.9. The minimum atomic E-state index is -0.666. The van der Waals surface area contributed by atoms with Gasteiger partial charge in [-0.2, -0.15) is 4.99 Å². The molecule has 172 valence electrons. The number of carbonyl (C=O) groups is 2. The first-order valence-corrected chi connectivity index (χ1v) is 9.91. The van der Waals surface area contributed by atoms with E-state index < -0.39 is 29.1 Å². The van der Waals surface area contributed by atoms with Gasteiger partial charge in [0.15, 0.2) is 23.2 Å². The maximum atomic E-state index is 12.9. The summed E-state index contributed by atoms with van der Waals surface area (Å²) >= 11 is 0. The number of aliphatic imine (C=N–C) groups is 1. The number of carbonyl (C=O) groups excluding carboxylic acids is 2. The lowest BCUT2D eigenvalue weighted by Gasteiger charge is -2.17. The Bertz CT molecular complexity index is 1430. The Balaban J connectivity index is 1.60. The maximum Gasteiger partial charge on any atom is 0.280 e. The number of anilines is 1. The molecule has 4 aromatic rings. The van der Waals surface area contributed by atoms with E-state index in [1.807, 2.05) is 0 Å². The molecular weight excluding hydrogens is 440 g/mol. The monoisotopic (exact) mass is 460 g/mol. The van der Waals surface area contributed by atoms with Crippen LogP contribution in [-0.4, -0.2) is 50.1 Å². The predicted molar refractivity (Wildman–Crippen MR) is 126 cm³/mol. The zero-order chi connectivity index (χ0) is 24.6. The lowest BCUT2D eigenvalue weighted by molar-refractivity contribution is 0.0985. The first-order valence-electron chi connectivity index (χ1n) is 9.91. The molecule has 11 heteroatoms. The molecular formula is C23H20N6O5. The average molecular weight is 460 g/mol. The fourth-order valence-corrected chi connectivity index (χ4v) is 3.33. The third kappa shape index (κ3) is 4.17. The largest absolute Gasteiger partial charge is 0.504 e. The molecule has 0 atom stereocenters. The summed E-state index contributed by atoms with van der Waals surface area (Å²) < 4.78 is 0. The molecule has 2 aromatic heterocycles. The van der Waals surface area contributed by atoms with Gasteiger partial charge in [-0.05, 0) is 30.3 Å². The second-order valence-electron chi connectivity index (χ2n) is 7.43. The molecule has 0 fully saturated rings. The van der Waals surface area contributed by atoms with Crippen molar-refractivity contribution in [1.29, 1.82) is 0 Å². The molecule has 0 saturated heterocycles. The number of aromatic nitrogens is 2. The Morgan fingerprint density at radius 2 is 1.62 bits per heavy atom. The lowest BCUT2D eigenvalue weighted by atomic mass is 10.1. The van der Waals surface area contributed by atoms with Crippen molar-refractivity contribution in [2.24, 2.45) is 16.5 Å². The summed E-state index contributed by atoms with van der Waals surface area (Å²) in [6, 6.07) is 14.0. The van der Waals surface area contributed by atoms with Crippen LogP contribution in [0.25, 0.3) is 22.3 Å². The molecule has 4 rings (SSSR count). The predicted octanol–water partition coefficient (Wildman–Crippen LogP) is 2.04. The van der Waals surface area contributed by atoms with Crippen LogP contribution in [0, 0.1) is 0 Å². The van der Waals surface area contributed by atoms with Crippen LogP contribution in [0.1, 0.15) is 20.8 Å². The first kappa shape index (κ1) is 22.1. The average Bonchev–Trinajstić information content (AvgIpc) is 3.24. The number of aromatic hydroxyl groups is 3.